The molecule has 0 saturated carbocycles. The lowest BCUT2D eigenvalue weighted by Crippen LogP contribution is -2.45. The van der Waals surface area contributed by atoms with Gasteiger partial charge in [0.15, 0.2) is 6.10 Å². The topological polar surface area (TPSA) is 59.6 Å². The Morgan fingerprint density at radius 2 is 2.41 bits per heavy atom. The standard InChI is InChI=1S/C12H16N2O3/c1-16-7-6-13-12(15)11-8-14-9-4-2-3-5-10(9)17-11/h2-5,11,14H,6-8H2,1H3,(H,13,15). The van der Waals surface area contributed by atoms with E-state index in [0.29, 0.717) is 25.4 Å². The van der Waals surface area contributed by atoms with Crippen molar-refractivity contribution in [2.45, 2.75) is 6.10 Å². The zero-order valence-electron chi connectivity index (χ0n) is 9.73. The van der Waals surface area contributed by atoms with Crippen LogP contribution in [-0.2, 0) is 9.53 Å². The molecule has 0 aliphatic carbocycles. The van der Waals surface area contributed by atoms with E-state index in [0.717, 1.165) is 5.69 Å². The second kappa shape index (κ2) is 5.54. The lowest BCUT2D eigenvalue weighted by Gasteiger charge is -2.26. The van der Waals surface area contributed by atoms with Gasteiger partial charge in [-0.05, 0) is 12.1 Å². The van der Waals surface area contributed by atoms with Crippen LogP contribution in [0.3, 0.4) is 0 Å². The van der Waals surface area contributed by atoms with Crippen LogP contribution < -0.4 is 15.4 Å². The first kappa shape index (κ1) is 11.7. The highest BCUT2D eigenvalue weighted by Crippen LogP contribution is 2.27. The molecule has 1 atom stereocenters. The highest BCUT2D eigenvalue weighted by Gasteiger charge is 2.24. The van der Waals surface area contributed by atoms with Gasteiger partial charge in [0.05, 0.1) is 18.8 Å². The predicted octanol–water partition coefficient (Wildman–Crippen LogP) is 0.622. The largest absolute Gasteiger partial charge is 0.477 e. The molecule has 1 aliphatic rings. The van der Waals surface area contributed by atoms with Gasteiger partial charge in [0.1, 0.15) is 5.75 Å². The van der Waals surface area contributed by atoms with Gasteiger partial charge < -0.3 is 20.1 Å². The Hall–Kier alpha value is -1.75. The fourth-order valence-electron chi connectivity index (χ4n) is 1.65. The number of benzene rings is 1. The van der Waals surface area contributed by atoms with Crippen molar-refractivity contribution in [3.05, 3.63) is 24.3 Å². The predicted molar refractivity (Wildman–Crippen MR) is 64.2 cm³/mol. The molecule has 1 heterocycles. The second-order valence-electron chi connectivity index (χ2n) is 3.77. The van der Waals surface area contributed by atoms with Crippen molar-refractivity contribution in [2.24, 2.45) is 0 Å². The zero-order chi connectivity index (χ0) is 12.1. The number of hydrogen-bond acceptors (Lipinski definition) is 4. The molecule has 1 aliphatic heterocycles. The molecule has 0 radical (unpaired) electrons. The molecular formula is C12H16N2O3. The summed E-state index contributed by atoms with van der Waals surface area (Å²) in [6.45, 7) is 1.48. The van der Waals surface area contributed by atoms with E-state index in [4.69, 9.17) is 9.47 Å². The lowest BCUT2D eigenvalue weighted by atomic mass is 10.2. The van der Waals surface area contributed by atoms with Crippen LogP contribution in [0.5, 0.6) is 5.75 Å². The van der Waals surface area contributed by atoms with Crippen LogP contribution in [0.2, 0.25) is 0 Å². The Morgan fingerprint density at radius 3 is 3.24 bits per heavy atom. The summed E-state index contributed by atoms with van der Waals surface area (Å²) in [5, 5.41) is 5.92. The van der Waals surface area contributed by atoms with Gasteiger partial charge in [0.25, 0.3) is 5.91 Å². The van der Waals surface area contributed by atoms with Crippen LogP contribution in [0.15, 0.2) is 24.3 Å². The summed E-state index contributed by atoms with van der Waals surface area (Å²) in [6, 6.07) is 7.57. The molecule has 1 unspecified atom stereocenters. The van der Waals surface area contributed by atoms with Crippen molar-refractivity contribution in [3.8, 4) is 5.75 Å². The fraction of sp³-hybridized carbons (Fsp3) is 0.417. The molecule has 5 nitrogen and oxygen atoms in total. The molecule has 2 N–H and O–H groups in total. The van der Waals surface area contributed by atoms with Gasteiger partial charge in [-0.1, -0.05) is 12.1 Å². The van der Waals surface area contributed by atoms with E-state index < -0.39 is 6.10 Å². The quantitative estimate of drug-likeness (QED) is 0.752. The van der Waals surface area contributed by atoms with Crippen LogP contribution in [0.25, 0.3) is 0 Å². The average molecular weight is 236 g/mol. The molecule has 0 aromatic heterocycles. The minimum absolute atomic E-state index is 0.121. The summed E-state index contributed by atoms with van der Waals surface area (Å²) in [6.07, 6.45) is -0.484. The first-order valence-electron chi connectivity index (χ1n) is 5.57. The molecule has 1 amide bonds. The number of amides is 1. The SMILES string of the molecule is COCCNC(=O)C1CNc2ccccc2O1. The minimum Gasteiger partial charge on any atom is -0.477 e. The van der Waals surface area contributed by atoms with E-state index in [1.165, 1.54) is 0 Å². The maximum Gasteiger partial charge on any atom is 0.263 e. The second-order valence-corrected chi connectivity index (χ2v) is 3.77. The van der Waals surface area contributed by atoms with Gasteiger partial charge in [-0.25, -0.2) is 0 Å². The molecule has 0 saturated heterocycles. The number of carbonyl (C=O) groups is 1. The number of fused-ring (bicyclic) bond motifs is 1. The number of nitrogens with one attached hydrogen (secondary N) is 2. The van der Waals surface area contributed by atoms with Gasteiger partial charge in [-0.3, -0.25) is 4.79 Å². The monoisotopic (exact) mass is 236 g/mol. The number of para-hydroxylation sites is 2. The lowest BCUT2D eigenvalue weighted by molar-refractivity contribution is -0.127. The summed E-state index contributed by atoms with van der Waals surface area (Å²) in [5.41, 5.74) is 0.924. The minimum atomic E-state index is -0.484. The van der Waals surface area contributed by atoms with Crippen molar-refractivity contribution in [1.29, 1.82) is 0 Å². The van der Waals surface area contributed by atoms with Gasteiger partial charge >= 0.3 is 0 Å². The Bertz CT molecular complexity index is 395. The number of anilines is 1. The Balaban J connectivity index is 1.91. The molecule has 92 valence electrons. The Labute approximate surface area is 100 Å². The molecule has 2 rings (SSSR count). The zero-order valence-corrected chi connectivity index (χ0v) is 9.73. The van der Waals surface area contributed by atoms with Gasteiger partial charge in [0.2, 0.25) is 0 Å². The normalized spacial score (nSPS) is 17.6. The summed E-state index contributed by atoms with van der Waals surface area (Å²) in [5.74, 6) is 0.592. The van der Waals surface area contributed by atoms with Gasteiger partial charge in [-0.15, -0.1) is 0 Å². The molecule has 0 spiro atoms. The third-order valence-electron chi connectivity index (χ3n) is 2.53. The molecule has 5 heteroatoms. The maximum absolute atomic E-state index is 11.8. The third kappa shape index (κ3) is 2.88. The first-order valence-corrected chi connectivity index (χ1v) is 5.57. The van der Waals surface area contributed by atoms with Crippen LogP contribution in [0, 0.1) is 0 Å². The van der Waals surface area contributed by atoms with E-state index in [1.807, 2.05) is 24.3 Å². The van der Waals surface area contributed by atoms with Crippen LogP contribution in [0.1, 0.15) is 0 Å². The highest BCUT2D eigenvalue weighted by molar-refractivity contribution is 5.83. The van der Waals surface area contributed by atoms with E-state index in [2.05, 4.69) is 10.6 Å². The van der Waals surface area contributed by atoms with Crippen molar-refractivity contribution in [2.75, 3.05) is 32.1 Å². The number of ether oxygens (including phenoxy) is 2. The van der Waals surface area contributed by atoms with E-state index in [-0.39, 0.29) is 5.91 Å². The molecule has 1 aromatic rings. The van der Waals surface area contributed by atoms with Crippen LogP contribution >= 0.6 is 0 Å². The number of rotatable bonds is 4. The van der Waals surface area contributed by atoms with E-state index in [1.54, 1.807) is 7.11 Å². The summed E-state index contributed by atoms with van der Waals surface area (Å²) >= 11 is 0. The first-order chi connectivity index (χ1) is 8.31. The molecule has 17 heavy (non-hydrogen) atoms. The Morgan fingerprint density at radius 1 is 1.59 bits per heavy atom. The number of methoxy groups -OCH3 is 1. The van der Waals surface area contributed by atoms with Crippen LogP contribution in [-0.4, -0.2) is 38.8 Å². The average Bonchev–Trinajstić information content (AvgIpc) is 2.38. The molecular weight excluding hydrogens is 220 g/mol. The van der Waals surface area contributed by atoms with E-state index >= 15 is 0 Å². The molecule has 1 aromatic carbocycles. The molecule has 0 fully saturated rings. The summed E-state index contributed by atoms with van der Waals surface area (Å²) in [7, 11) is 1.60. The van der Waals surface area contributed by atoms with Crippen LogP contribution in [0.4, 0.5) is 5.69 Å². The van der Waals surface area contributed by atoms with Gasteiger partial charge in [0, 0.05) is 13.7 Å². The third-order valence-corrected chi connectivity index (χ3v) is 2.53. The Kier molecular flexibility index (Phi) is 3.82. The maximum atomic E-state index is 11.8. The smallest absolute Gasteiger partial charge is 0.263 e. The number of carbonyl (C=O) groups excluding carboxylic acids is 1. The van der Waals surface area contributed by atoms with Crippen molar-refractivity contribution >= 4 is 11.6 Å². The summed E-state index contributed by atoms with van der Waals surface area (Å²) in [4.78, 5) is 11.8. The summed E-state index contributed by atoms with van der Waals surface area (Å²) < 4.78 is 10.5. The van der Waals surface area contributed by atoms with E-state index in [9.17, 15) is 4.79 Å². The highest BCUT2D eigenvalue weighted by atomic mass is 16.5. The van der Waals surface area contributed by atoms with Gasteiger partial charge in [-0.2, -0.15) is 0 Å². The van der Waals surface area contributed by atoms with Crippen molar-refractivity contribution in [3.63, 3.8) is 0 Å². The molecule has 0 bridgehead atoms. The van der Waals surface area contributed by atoms with Crippen molar-refractivity contribution in [1.82, 2.24) is 5.32 Å². The van der Waals surface area contributed by atoms with Crippen molar-refractivity contribution < 1.29 is 14.3 Å². The number of hydrogen-bond donors (Lipinski definition) is 2. The fourth-order valence-corrected chi connectivity index (χ4v) is 1.65.